The lowest BCUT2D eigenvalue weighted by Gasteiger charge is -2.06. The van der Waals surface area contributed by atoms with Crippen molar-refractivity contribution in [1.29, 1.82) is 0 Å². The number of rotatable bonds is 3. The van der Waals surface area contributed by atoms with Crippen LogP contribution in [-0.4, -0.2) is 24.9 Å². The average molecular weight is 319 g/mol. The van der Waals surface area contributed by atoms with Gasteiger partial charge in [-0.05, 0) is 36.8 Å². The Balaban J connectivity index is 2.21. The Bertz CT molecular complexity index is 964. The largest absolute Gasteiger partial charge is 0.284 e. The van der Waals surface area contributed by atoms with E-state index in [1.54, 1.807) is 24.3 Å². The van der Waals surface area contributed by atoms with Crippen LogP contribution < -0.4 is 4.72 Å². The third kappa shape index (κ3) is 2.80. The van der Waals surface area contributed by atoms with E-state index in [4.69, 9.17) is 0 Å². The second-order valence-corrected chi connectivity index (χ2v) is 6.92. The molecule has 5 nitrogen and oxygen atoms in total. The van der Waals surface area contributed by atoms with Crippen molar-refractivity contribution >= 4 is 26.6 Å². The Kier molecular flexibility index (Phi) is 3.37. The molecule has 0 bridgehead atoms. The Hall–Kier alpha value is -2.41. The molecule has 0 aliphatic heterocycles. The van der Waals surface area contributed by atoms with E-state index < -0.39 is 10.0 Å². The van der Waals surface area contributed by atoms with E-state index in [9.17, 15) is 12.8 Å². The Morgan fingerprint density at radius 1 is 1.23 bits per heavy atom. The van der Waals surface area contributed by atoms with Crippen molar-refractivity contribution < 1.29 is 12.8 Å². The first-order valence-corrected chi connectivity index (χ1v) is 8.45. The number of sulfonamides is 1. The summed E-state index contributed by atoms with van der Waals surface area (Å²) in [6.07, 6.45) is 1.09. The van der Waals surface area contributed by atoms with E-state index in [1.807, 2.05) is 6.92 Å². The fraction of sp³-hybridized carbons (Fsp3) is 0.133. The molecule has 0 atom stereocenters. The summed E-state index contributed by atoms with van der Waals surface area (Å²) in [5.41, 5.74) is 3.29. The Morgan fingerprint density at radius 2 is 2.00 bits per heavy atom. The first kappa shape index (κ1) is 14.5. The Morgan fingerprint density at radius 3 is 2.68 bits per heavy atom. The van der Waals surface area contributed by atoms with Crippen LogP contribution in [0, 0.1) is 12.7 Å². The number of nitrogens with zero attached hydrogens (tertiary/aromatic N) is 1. The molecule has 0 aliphatic carbocycles. The number of anilines is 1. The van der Waals surface area contributed by atoms with Crippen LogP contribution in [0.5, 0.6) is 0 Å². The number of fused-ring (bicyclic) bond motifs is 1. The van der Waals surface area contributed by atoms with E-state index in [2.05, 4.69) is 14.9 Å². The molecular formula is C15H14FN3O2S. The van der Waals surface area contributed by atoms with Gasteiger partial charge in [0.2, 0.25) is 10.0 Å². The molecule has 3 rings (SSSR count). The molecule has 0 saturated heterocycles. The van der Waals surface area contributed by atoms with Crippen LogP contribution in [0.3, 0.4) is 0 Å². The molecule has 2 N–H and O–H groups in total. The minimum Gasteiger partial charge on any atom is -0.284 e. The normalized spacial score (nSPS) is 11.8. The van der Waals surface area contributed by atoms with Crippen LogP contribution in [0.15, 0.2) is 36.4 Å². The van der Waals surface area contributed by atoms with Crippen LogP contribution in [0.4, 0.5) is 10.1 Å². The number of benzene rings is 2. The predicted octanol–water partition coefficient (Wildman–Crippen LogP) is 3.05. The molecule has 3 aromatic rings. The van der Waals surface area contributed by atoms with Gasteiger partial charge >= 0.3 is 0 Å². The van der Waals surface area contributed by atoms with E-state index in [-0.39, 0.29) is 5.82 Å². The van der Waals surface area contributed by atoms with E-state index in [0.717, 1.165) is 22.7 Å². The van der Waals surface area contributed by atoms with Crippen molar-refractivity contribution in [2.24, 2.45) is 0 Å². The van der Waals surface area contributed by atoms with Crippen molar-refractivity contribution in [2.45, 2.75) is 6.92 Å². The minimum atomic E-state index is -3.37. The van der Waals surface area contributed by atoms with Crippen molar-refractivity contribution in [2.75, 3.05) is 11.0 Å². The number of halogens is 1. The second-order valence-electron chi connectivity index (χ2n) is 5.17. The Labute approximate surface area is 127 Å². The van der Waals surface area contributed by atoms with Gasteiger partial charge in [-0.2, -0.15) is 5.10 Å². The first-order valence-electron chi connectivity index (χ1n) is 6.56. The molecule has 114 valence electrons. The monoisotopic (exact) mass is 319 g/mol. The number of aryl methyl sites for hydroxylation is 1. The van der Waals surface area contributed by atoms with Gasteiger partial charge in [-0.1, -0.05) is 12.1 Å². The molecule has 0 unspecified atom stereocenters. The molecule has 22 heavy (non-hydrogen) atoms. The van der Waals surface area contributed by atoms with Crippen LogP contribution in [-0.2, 0) is 10.0 Å². The number of aromatic amines is 1. The van der Waals surface area contributed by atoms with Gasteiger partial charge in [-0.25, -0.2) is 12.8 Å². The number of aromatic nitrogens is 2. The second kappa shape index (κ2) is 5.10. The highest BCUT2D eigenvalue weighted by atomic mass is 32.2. The molecule has 0 radical (unpaired) electrons. The van der Waals surface area contributed by atoms with E-state index >= 15 is 0 Å². The molecule has 1 heterocycles. The summed E-state index contributed by atoms with van der Waals surface area (Å²) in [7, 11) is -3.37. The van der Waals surface area contributed by atoms with E-state index in [1.165, 1.54) is 12.1 Å². The number of hydrogen-bond donors (Lipinski definition) is 2. The van der Waals surface area contributed by atoms with Gasteiger partial charge in [0.15, 0.2) is 0 Å². The molecular weight excluding hydrogens is 305 g/mol. The maximum atomic E-state index is 13.4. The zero-order valence-electron chi connectivity index (χ0n) is 12.0. The zero-order chi connectivity index (χ0) is 15.9. The topological polar surface area (TPSA) is 74.8 Å². The third-order valence-corrected chi connectivity index (χ3v) is 3.88. The molecule has 0 aliphatic rings. The van der Waals surface area contributed by atoms with Gasteiger partial charge in [0.1, 0.15) is 11.5 Å². The highest BCUT2D eigenvalue weighted by Gasteiger charge is 2.13. The van der Waals surface area contributed by atoms with Gasteiger partial charge in [0, 0.05) is 16.6 Å². The van der Waals surface area contributed by atoms with Crippen LogP contribution >= 0.6 is 0 Å². The highest BCUT2D eigenvalue weighted by Crippen LogP contribution is 2.31. The minimum absolute atomic E-state index is 0.351. The molecule has 0 amide bonds. The first-order chi connectivity index (χ1) is 10.3. The molecule has 1 aromatic heterocycles. The molecule has 0 spiro atoms. The standard InChI is InChI=1S/C15H14FN3O2S/c1-9-6-12(19-22(2,20)21)8-13-14(9)17-18-15(13)10-4-3-5-11(16)7-10/h3-8,19H,1-2H3,(H,17,18). The quantitative estimate of drug-likeness (QED) is 0.779. The molecule has 2 aromatic carbocycles. The fourth-order valence-corrected chi connectivity index (χ4v) is 2.97. The SMILES string of the molecule is Cc1cc(NS(C)(=O)=O)cc2c(-c3cccc(F)c3)n[nH]c12. The zero-order valence-corrected chi connectivity index (χ0v) is 12.8. The van der Waals surface area contributed by atoms with Crippen LogP contribution in [0.2, 0.25) is 0 Å². The fourth-order valence-electron chi connectivity index (χ4n) is 2.42. The van der Waals surface area contributed by atoms with Crippen molar-refractivity contribution in [3.8, 4) is 11.3 Å². The molecule has 0 saturated carbocycles. The number of nitrogens with one attached hydrogen (secondary N) is 2. The predicted molar refractivity (Wildman–Crippen MR) is 84.7 cm³/mol. The maximum Gasteiger partial charge on any atom is 0.229 e. The smallest absolute Gasteiger partial charge is 0.229 e. The molecule has 7 heteroatoms. The van der Waals surface area contributed by atoms with Gasteiger partial charge in [0.05, 0.1) is 11.8 Å². The maximum absolute atomic E-state index is 13.4. The summed E-state index contributed by atoms with van der Waals surface area (Å²) in [4.78, 5) is 0. The van der Waals surface area contributed by atoms with Crippen molar-refractivity contribution in [3.63, 3.8) is 0 Å². The summed E-state index contributed by atoms with van der Waals surface area (Å²) in [5.74, 6) is -0.351. The van der Waals surface area contributed by atoms with E-state index in [0.29, 0.717) is 16.9 Å². The van der Waals surface area contributed by atoms with Gasteiger partial charge in [0.25, 0.3) is 0 Å². The summed E-state index contributed by atoms with van der Waals surface area (Å²) in [5, 5.41) is 7.88. The molecule has 0 fully saturated rings. The van der Waals surface area contributed by atoms with Crippen molar-refractivity contribution in [3.05, 3.63) is 47.8 Å². The summed E-state index contributed by atoms with van der Waals surface area (Å²) < 4.78 is 38.7. The third-order valence-electron chi connectivity index (χ3n) is 3.27. The van der Waals surface area contributed by atoms with Crippen LogP contribution in [0.25, 0.3) is 22.2 Å². The van der Waals surface area contributed by atoms with Gasteiger partial charge < -0.3 is 0 Å². The van der Waals surface area contributed by atoms with Gasteiger partial charge in [-0.15, -0.1) is 0 Å². The highest BCUT2D eigenvalue weighted by molar-refractivity contribution is 7.92. The number of hydrogen-bond acceptors (Lipinski definition) is 3. The lowest BCUT2D eigenvalue weighted by molar-refractivity contribution is 0.607. The lowest BCUT2D eigenvalue weighted by atomic mass is 10.0. The summed E-state index contributed by atoms with van der Waals surface area (Å²) in [6.45, 7) is 1.85. The lowest BCUT2D eigenvalue weighted by Crippen LogP contribution is -2.09. The van der Waals surface area contributed by atoms with Gasteiger partial charge in [-0.3, -0.25) is 9.82 Å². The van der Waals surface area contributed by atoms with Crippen molar-refractivity contribution in [1.82, 2.24) is 10.2 Å². The summed E-state index contributed by atoms with van der Waals surface area (Å²) in [6, 6.07) is 9.52. The van der Waals surface area contributed by atoms with Crippen LogP contribution in [0.1, 0.15) is 5.56 Å². The average Bonchev–Trinajstić information content (AvgIpc) is 2.81. The summed E-state index contributed by atoms with van der Waals surface area (Å²) >= 11 is 0. The number of H-pyrrole nitrogens is 1.